The number of nitrogens with zero attached hydrogens (tertiary/aromatic N) is 2. The number of rotatable bonds is 6. The van der Waals surface area contributed by atoms with Crippen LogP contribution in [-0.2, 0) is 15.0 Å². The van der Waals surface area contributed by atoms with E-state index in [-0.39, 0.29) is 12.5 Å². The molecule has 1 aromatic carbocycles. The first-order valence-corrected chi connectivity index (χ1v) is 12.0. The Balaban J connectivity index is 1.70. The molecule has 2 aliphatic rings. The Kier molecular flexibility index (Phi) is 7.49. The zero-order valence-corrected chi connectivity index (χ0v) is 19.3. The molecular formula is C20H30ClN3O5S. The quantitative estimate of drug-likeness (QED) is 0.706. The normalized spacial score (nSPS) is 21.9. The van der Waals surface area contributed by atoms with E-state index in [1.807, 2.05) is 0 Å². The number of anilines is 1. The molecule has 10 heteroatoms. The predicted molar refractivity (Wildman–Crippen MR) is 116 cm³/mol. The Morgan fingerprint density at radius 2 is 1.73 bits per heavy atom. The zero-order valence-electron chi connectivity index (χ0n) is 17.7. The lowest BCUT2D eigenvalue weighted by molar-refractivity contribution is -0.120. The Morgan fingerprint density at radius 1 is 1.07 bits per heavy atom. The van der Waals surface area contributed by atoms with E-state index in [9.17, 15) is 13.2 Å². The molecule has 168 valence electrons. The minimum Gasteiger partial charge on any atom is -0.495 e. The van der Waals surface area contributed by atoms with Crippen LogP contribution in [0, 0.1) is 11.8 Å². The third-order valence-electron chi connectivity index (χ3n) is 5.88. The van der Waals surface area contributed by atoms with Gasteiger partial charge in [-0.05, 0) is 37.7 Å². The summed E-state index contributed by atoms with van der Waals surface area (Å²) in [6.45, 7) is 3.84. The van der Waals surface area contributed by atoms with Crippen molar-refractivity contribution < 1.29 is 22.7 Å². The molecule has 3 rings (SSSR count). The van der Waals surface area contributed by atoms with Crippen molar-refractivity contribution >= 4 is 33.4 Å². The molecule has 0 spiro atoms. The third-order valence-corrected chi connectivity index (χ3v) is 8.18. The molecule has 2 fully saturated rings. The number of benzene rings is 1. The Labute approximate surface area is 183 Å². The van der Waals surface area contributed by atoms with Crippen LogP contribution in [0.15, 0.2) is 12.1 Å². The van der Waals surface area contributed by atoms with E-state index < -0.39 is 16.1 Å². The van der Waals surface area contributed by atoms with Crippen LogP contribution in [0.3, 0.4) is 0 Å². The number of nitrogens with one attached hydrogen (secondary N) is 1. The van der Waals surface area contributed by atoms with Gasteiger partial charge in [0.1, 0.15) is 11.5 Å². The molecule has 0 radical (unpaired) electrons. The first kappa shape index (κ1) is 23.1. The molecule has 1 unspecified atom stereocenters. The van der Waals surface area contributed by atoms with Gasteiger partial charge in [-0.2, -0.15) is 17.0 Å². The number of amides is 1. The number of carbonyl (C=O) groups excluding carboxylic acids is 1. The molecule has 1 aromatic rings. The minimum absolute atomic E-state index is 0.173. The fraction of sp³-hybridized carbons (Fsp3) is 0.650. The lowest BCUT2D eigenvalue weighted by Crippen LogP contribution is -2.51. The van der Waals surface area contributed by atoms with E-state index in [4.69, 9.17) is 21.1 Å². The van der Waals surface area contributed by atoms with E-state index in [1.165, 1.54) is 18.5 Å². The van der Waals surface area contributed by atoms with E-state index in [0.29, 0.717) is 60.6 Å². The minimum atomic E-state index is -3.55. The highest BCUT2D eigenvalue weighted by Gasteiger charge is 2.37. The zero-order chi connectivity index (χ0) is 21.9. The number of hydrogen-bond donors (Lipinski definition) is 1. The Morgan fingerprint density at radius 3 is 2.37 bits per heavy atom. The topological polar surface area (TPSA) is 88.2 Å². The summed E-state index contributed by atoms with van der Waals surface area (Å²) in [7, 11) is -0.560. The van der Waals surface area contributed by atoms with Crippen molar-refractivity contribution in [3.05, 3.63) is 17.2 Å². The molecular weight excluding hydrogens is 430 g/mol. The number of hydrogen-bond acceptors (Lipinski definition) is 5. The predicted octanol–water partition coefficient (Wildman–Crippen LogP) is 2.98. The number of piperidine rings is 2. The van der Waals surface area contributed by atoms with Crippen molar-refractivity contribution in [3.63, 3.8) is 0 Å². The molecule has 0 bridgehead atoms. The van der Waals surface area contributed by atoms with Crippen molar-refractivity contribution in [3.8, 4) is 11.5 Å². The van der Waals surface area contributed by atoms with Gasteiger partial charge in [-0.25, -0.2) is 0 Å². The second-order valence-electron chi connectivity index (χ2n) is 7.96. The van der Waals surface area contributed by atoms with Crippen LogP contribution in [0.2, 0.25) is 5.02 Å². The molecule has 1 atom stereocenters. The number of halogens is 1. The van der Waals surface area contributed by atoms with E-state index in [0.717, 1.165) is 12.8 Å². The molecule has 1 N–H and O–H groups in total. The largest absolute Gasteiger partial charge is 0.495 e. The summed E-state index contributed by atoms with van der Waals surface area (Å²) >= 11 is 6.18. The van der Waals surface area contributed by atoms with Crippen molar-refractivity contribution in [2.45, 2.75) is 32.6 Å². The van der Waals surface area contributed by atoms with Crippen LogP contribution >= 0.6 is 11.6 Å². The summed E-state index contributed by atoms with van der Waals surface area (Å²) in [5.41, 5.74) is 0.429. The fourth-order valence-electron chi connectivity index (χ4n) is 3.94. The monoisotopic (exact) mass is 459 g/mol. The summed E-state index contributed by atoms with van der Waals surface area (Å²) in [5, 5.41) is 3.19. The Bertz CT molecular complexity index is 871. The molecule has 30 heavy (non-hydrogen) atoms. The van der Waals surface area contributed by atoms with Gasteiger partial charge in [-0.3, -0.25) is 4.79 Å². The van der Waals surface area contributed by atoms with Gasteiger partial charge in [0, 0.05) is 32.2 Å². The Hall–Kier alpha value is -1.55. The molecule has 1 amide bonds. The van der Waals surface area contributed by atoms with Gasteiger partial charge in [0.05, 0.1) is 30.8 Å². The van der Waals surface area contributed by atoms with Gasteiger partial charge >= 0.3 is 0 Å². The first-order valence-electron chi connectivity index (χ1n) is 10.2. The maximum Gasteiger partial charge on any atom is 0.281 e. The van der Waals surface area contributed by atoms with E-state index in [2.05, 4.69) is 12.2 Å². The summed E-state index contributed by atoms with van der Waals surface area (Å²) in [5.74, 6) is 0.719. The third kappa shape index (κ3) is 5.01. The second kappa shape index (κ2) is 9.72. The maximum atomic E-state index is 13.1. The summed E-state index contributed by atoms with van der Waals surface area (Å²) < 4.78 is 39.6. The molecule has 8 nitrogen and oxygen atoms in total. The van der Waals surface area contributed by atoms with Crippen molar-refractivity contribution in [1.29, 1.82) is 0 Å². The van der Waals surface area contributed by atoms with Crippen molar-refractivity contribution in [1.82, 2.24) is 8.61 Å². The molecule has 0 saturated carbocycles. The van der Waals surface area contributed by atoms with Gasteiger partial charge in [0.2, 0.25) is 5.91 Å². The molecule has 0 aromatic heterocycles. The SMILES string of the molecule is COc1cc(OC)c(NC(=O)C2CCCN(S(=O)(=O)N3CCC(C)CC3)C2)cc1Cl. The van der Waals surface area contributed by atoms with Crippen LogP contribution < -0.4 is 14.8 Å². The fourth-order valence-corrected chi connectivity index (χ4v) is 5.91. The molecule has 2 saturated heterocycles. The van der Waals surface area contributed by atoms with Gasteiger partial charge < -0.3 is 14.8 Å². The average molecular weight is 460 g/mol. The van der Waals surface area contributed by atoms with Crippen LogP contribution in [0.5, 0.6) is 11.5 Å². The second-order valence-corrected chi connectivity index (χ2v) is 10.3. The summed E-state index contributed by atoms with van der Waals surface area (Å²) in [6.07, 6.45) is 3.01. The van der Waals surface area contributed by atoms with Gasteiger partial charge in [-0.15, -0.1) is 0 Å². The van der Waals surface area contributed by atoms with E-state index >= 15 is 0 Å². The van der Waals surface area contributed by atoms with Gasteiger partial charge in [0.25, 0.3) is 10.2 Å². The standard InChI is InChI=1S/C20H30ClN3O5S/c1-14-6-9-23(10-7-14)30(26,27)24-8-4-5-15(13-24)20(25)22-17-11-16(21)18(28-2)12-19(17)29-3/h11-12,14-15H,4-10,13H2,1-3H3,(H,22,25). The van der Waals surface area contributed by atoms with Crippen molar-refractivity contribution in [2.24, 2.45) is 11.8 Å². The van der Waals surface area contributed by atoms with Gasteiger partial charge in [-0.1, -0.05) is 18.5 Å². The van der Waals surface area contributed by atoms with Crippen LogP contribution in [0.4, 0.5) is 5.69 Å². The molecule has 0 aliphatic carbocycles. The smallest absolute Gasteiger partial charge is 0.281 e. The lowest BCUT2D eigenvalue weighted by Gasteiger charge is -2.37. The highest BCUT2D eigenvalue weighted by molar-refractivity contribution is 7.86. The highest BCUT2D eigenvalue weighted by Crippen LogP contribution is 2.36. The first-order chi connectivity index (χ1) is 14.3. The number of carbonyl (C=O) groups is 1. The summed E-state index contributed by atoms with van der Waals surface area (Å²) in [4.78, 5) is 12.9. The average Bonchev–Trinajstić information content (AvgIpc) is 2.74. The van der Waals surface area contributed by atoms with E-state index in [1.54, 1.807) is 16.4 Å². The van der Waals surface area contributed by atoms with Crippen LogP contribution in [0.25, 0.3) is 0 Å². The molecule has 2 heterocycles. The number of ether oxygens (including phenoxy) is 2. The van der Waals surface area contributed by atoms with Crippen molar-refractivity contribution in [2.75, 3.05) is 45.7 Å². The maximum absolute atomic E-state index is 13.1. The van der Waals surface area contributed by atoms with Crippen LogP contribution in [-0.4, -0.2) is 63.3 Å². The lowest BCUT2D eigenvalue weighted by atomic mass is 9.98. The summed E-state index contributed by atoms with van der Waals surface area (Å²) in [6, 6.07) is 3.18. The van der Waals surface area contributed by atoms with Crippen LogP contribution in [0.1, 0.15) is 32.6 Å². The highest BCUT2D eigenvalue weighted by atomic mass is 35.5. The molecule has 2 aliphatic heterocycles. The van der Waals surface area contributed by atoms with Gasteiger partial charge in [0.15, 0.2) is 0 Å². The number of methoxy groups -OCH3 is 2.